The van der Waals surface area contributed by atoms with Crippen LogP contribution in [0.2, 0.25) is 0 Å². The summed E-state index contributed by atoms with van der Waals surface area (Å²) in [6.45, 7) is 6.84. The molecule has 3 fully saturated rings. The molecule has 2 aromatic heterocycles. The van der Waals surface area contributed by atoms with Crippen LogP contribution in [0.25, 0.3) is 10.9 Å². The zero-order valence-corrected chi connectivity index (χ0v) is 75.5. The first-order chi connectivity index (χ1) is 62.3. The van der Waals surface area contributed by atoms with Crippen molar-refractivity contribution in [3.05, 3.63) is 137 Å². The lowest BCUT2D eigenvalue weighted by Crippen LogP contribution is -2.63. The summed E-state index contributed by atoms with van der Waals surface area (Å²) < 4.78 is 1.79. The third-order valence-corrected chi connectivity index (χ3v) is 24.7. The zero-order valence-electron chi connectivity index (χ0n) is 74.7. The van der Waals surface area contributed by atoms with Crippen molar-refractivity contribution in [2.45, 2.75) is 215 Å². The molecule has 41 nitrogen and oxygen atoms in total. The van der Waals surface area contributed by atoms with E-state index in [4.69, 9.17) is 22.9 Å². The van der Waals surface area contributed by atoms with Gasteiger partial charge in [0.05, 0.1) is 24.8 Å². The van der Waals surface area contributed by atoms with E-state index in [2.05, 4.69) is 63.5 Å². The van der Waals surface area contributed by atoms with Crippen molar-refractivity contribution >= 4 is 129 Å². The SMILES string of the molecule is Cc1cccc(C[C@@H]2NC(=O)[C@H](CCCCNC(=O)N3CCN(CC(=O)O)CC3)NC(=O)[C@H](Cc3cn(C)c4ccccc34)NC(=O)[C@H](Cc3ccccc3)N(C)C(=O)[C@H](CCCC(N)=O)NC(=O)[C@H](C3CCC3)NC(=O)[C@H](CC(N)=O)NC(=O)[C@H](Cc3cccnc3)N(C)C(=O)[C@@H](C)NC(=O)CSC[C@@H](C(N)=O)NC(=O)[C@H](CCCC(N)=O)NC(=O)[C@H]([C@@H](C)O)NC2=O)c1C. The summed E-state index contributed by atoms with van der Waals surface area (Å²) in [5.74, 6) is -18.3. The largest absolute Gasteiger partial charge is 0.480 e. The van der Waals surface area contributed by atoms with Gasteiger partial charge in [-0.3, -0.25) is 91.4 Å². The summed E-state index contributed by atoms with van der Waals surface area (Å²) in [6.07, 6.45) is 0.515. The Bertz CT molecular complexity index is 4910. The Hall–Kier alpha value is -13.1. The lowest BCUT2D eigenvalue weighted by atomic mass is 9.79. The number of para-hydroxylation sites is 1. The molecule has 3 aliphatic rings. The highest BCUT2D eigenvalue weighted by Gasteiger charge is 2.43. The molecule has 710 valence electrons. The summed E-state index contributed by atoms with van der Waals surface area (Å²) in [4.78, 5) is 267. The molecule has 4 heterocycles. The number of carbonyl (C=O) groups is 18. The van der Waals surface area contributed by atoms with Gasteiger partial charge in [0.25, 0.3) is 0 Å². The maximum atomic E-state index is 16.0. The second-order valence-corrected chi connectivity index (χ2v) is 34.6. The van der Waals surface area contributed by atoms with Gasteiger partial charge in [-0.1, -0.05) is 79.2 Å². The molecule has 1 saturated carbocycles. The number of primary amides is 4. The Morgan fingerprint density at radius 2 is 1.08 bits per heavy atom. The maximum absolute atomic E-state index is 16.0. The topological polar surface area (TPSA) is 615 Å². The van der Waals surface area contributed by atoms with E-state index in [0.717, 1.165) is 34.0 Å². The molecule has 1 aliphatic carbocycles. The molecule has 0 unspecified atom stereocenters. The van der Waals surface area contributed by atoms with Gasteiger partial charge in [-0.2, -0.15) is 0 Å². The van der Waals surface area contributed by atoms with Crippen molar-refractivity contribution < 1.29 is 96.5 Å². The molecule has 5 aromatic rings. The number of hydrogen-bond donors (Lipinski definition) is 17. The van der Waals surface area contributed by atoms with Crippen LogP contribution >= 0.6 is 11.8 Å². The van der Waals surface area contributed by atoms with Gasteiger partial charge in [-0.25, -0.2) is 4.79 Å². The van der Waals surface area contributed by atoms with E-state index in [1.165, 1.54) is 38.3 Å². The van der Waals surface area contributed by atoms with E-state index in [-0.39, 0.29) is 110 Å². The summed E-state index contributed by atoms with van der Waals surface area (Å²) in [5, 5.41) is 50.9. The van der Waals surface area contributed by atoms with Gasteiger partial charge in [0, 0.05) is 128 Å². The number of nitrogens with two attached hydrogens (primary N) is 4. The third kappa shape index (κ3) is 31.3. The second-order valence-electron chi connectivity index (χ2n) is 33.5. The standard InChI is InChI=1S/C89H123N21O20S/c1-50-20-15-26-57(51(50)2)42-63-81(122)104-75(53(4)111)85(126)98-61(29-17-32-70(90)112)79(120)103-66(77(93)118)48-131-49-73(115)96-52(3)87(128)107(6)69(41-55-23-19-34-94-45-55)84(125)102-65(44-72(92)114)82(123)105-76(56-24-16-25-56)86(127)99-62(30-18-33-71(91)113)88(129)108(7)68(40-54-21-9-8-10-22-54)83(124)101-64(43-58-46-106(5)67-31-12-11-27-59(58)67)80(121)97-60(78(119)100-63)28-13-14-35-95-89(130)110-38-36-109(37-39-110)47-74(116)117/h8-12,15,19-23,26-27,31,34,45-46,52-53,56,60-66,68-69,75-76,111H,13-14,16-18,24-25,28-30,32-33,35-44,47-49H2,1-7H3,(H2,90,112)(H2,91,113)(H2,92,114)(H2,93,118)(H,95,130)(H,96,115)(H,97,121)(H,98,126)(H,99,127)(H,100,119)(H,101,124)(H,102,125)(H,103,120)(H,104,122)(H,105,123)(H,116,117)/t52-,53-,60+,61+,62+,63+,64+,65+,66+,68+,69+,75+,76+/m1/s1. The Morgan fingerprint density at radius 3 is 1.69 bits per heavy atom. The number of aromatic nitrogens is 2. The number of amides is 18. The quantitative estimate of drug-likeness (QED) is 0.0224. The lowest BCUT2D eigenvalue weighted by molar-refractivity contribution is -0.144. The number of thioether (sulfide) groups is 1. The Kier molecular flexibility index (Phi) is 39.5. The van der Waals surface area contributed by atoms with Crippen molar-refractivity contribution in [2.24, 2.45) is 35.9 Å². The summed E-state index contributed by atoms with van der Waals surface area (Å²) in [5.41, 5.74) is 26.8. The number of nitrogens with one attached hydrogen (secondary N) is 11. The highest BCUT2D eigenvalue weighted by atomic mass is 32.2. The minimum atomic E-state index is -1.96. The van der Waals surface area contributed by atoms with Crippen LogP contribution in [0.3, 0.4) is 0 Å². The van der Waals surface area contributed by atoms with Crippen LogP contribution in [-0.4, -0.2) is 289 Å². The number of unbranched alkanes of at least 4 members (excludes halogenated alkanes) is 1. The first kappa shape index (κ1) is 103. The van der Waals surface area contributed by atoms with Gasteiger partial charge in [-0.15, -0.1) is 11.8 Å². The fraction of sp³-hybridized carbons (Fsp3) is 0.517. The molecular formula is C89H123N21O20S. The Balaban J connectivity index is 1.23. The number of nitrogens with zero attached hydrogens (tertiary/aromatic N) is 6. The number of piperazine rings is 1. The molecule has 0 radical (unpaired) electrons. The number of pyridine rings is 1. The van der Waals surface area contributed by atoms with E-state index in [1.807, 2.05) is 6.07 Å². The number of hydrogen-bond acceptors (Lipinski definition) is 22. The minimum Gasteiger partial charge on any atom is -0.480 e. The van der Waals surface area contributed by atoms with Crippen LogP contribution in [0.1, 0.15) is 131 Å². The predicted octanol–water partition coefficient (Wildman–Crippen LogP) is -2.84. The average Bonchev–Trinajstić information content (AvgIpc) is 1.67. The summed E-state index contributed by atoms with van der Waals surface area (Å²) >= 11 is 0.764. The number of aliphatic hydroxyl groups excluding tert-OH is 1. The average molecular weight is 1840 g/mol. The van der Waals surface area contributed by atoms with E-state index in [0.29, 0.717) is 71.1 Å². The molecule has 21 N–H and O–H groups in total. The van der Waals surface area contributed by atoms with Crippen molar-refractivity contribution in [3.63, 3.8) is 0 Å². The van der Waals surface area contributed by atoms with Gasteiger partial charge in [0.2, 0.25) is 94.5 Å². The molecule has 2 saturated heterocycles. The van der Waals surface area contributed by atoms with Crippen LogP contribution < -0.4 is 81.4 Å². The highest BCUT2D eigenvalue weighted by Crippen LogP contribution is 2.31. The smallest absolute Gasteiger partial charge is 0.317 e. The number of carboxylic acids is 1. The van der Waals surface area contributed by atoms with E-state index >= 15 is 28.8 Å². The van der Waals surface area contributed by atoms with Crippen LogP contribution in [0.15, 0.2) is 104 Å². The first-order valence-electron chi connectivity index (χ1n) is 43.7. The number of aliphatic hydroxyl groups is 1. The zero-order chi connectivity index (χ0) is 95.9. The van der Waals surface area contributed by atoms with E-state index in [9.17, 15) is 67.7 Å². The van der Waals surface area contributed by atoms with Crippen molar-refractivity contribution in [1.82, 2.24) is 87.6 Å². The molecule has 0 spiro atoms. The number of fused-ring (bicyclic) bond motifs is 1. The minimum absolute atomic E-state index is 0.0229. The van der Waals surface area contributed by atoms with Crippen LogP contribution in [0.4, 0.5) is 4.79 Å². The van der Waals surface area contributed by atoms with E-state index < -0.39 is 209 Å². The number of urea groups is 1. The number of rotatable bonds is 28. The Morgan fingerprint density at radius 1 is 0.542 bits per heavy atom. The highest BCUT2D eigenvalue weighted by molar-refractivity contribution is 8.00. The molecule has 18 amide bonds. The molecule has 2 aliphatic heterocycles. The fourth-order valence-electron chi connectivity index (χ4n) is 15.7. The van der Waals surface area contributed by atoms with Crippen LogP contribution in [0.5, 0.6) is 0 Å². The molecule has 3 aromatic carbocycles. The fourth-order valence-corrected chi connectivity index (χ4v) is 16.6. The molecule has 8 rings (SSSR count). The molecule has 0 bridgehead atoms. The van der Waals surface area contributed by atoms with Crippen LogP contribution in [0, 0.1) is 19.8 Å². The van der Waals surface area contributed by atoms with Gasteiger partial charge in [-0.05, 0) is 137 Å². The monoisotopic (exact) mass is 1840 g/mol. The van der Waals surface area contributed by atoms with Gasteiger partial charge in [0.1, 0.15) is 72.5 Å². The first-order valence-corrected chi connectivity index (χ1v) is 44.9. The number of carboxylic acid groups (broad SMARTS) is 1. The van der Waals surface area contributed by atoms with Gasteiger partial charge >= 0.3 is 12.0 Å². The van der Waals surface area contributed by atoms with Gasteiger partial charge < -0.3 is 111 Å². The van der Waals surface area contributed by atoms with Gasteiger partial charge in [0.15, 0.2) is 0 Å². The Labute approximate surface area is 762 Å². The molecular weight excluding hydrogens is 1720 g/mol. The maximum Gasteiger partial charge on any atom is 0.317 e. The number of likely N-dealkylation sites (N-methyl/N-ethyl adjacent to an activating group) is 2. The van der Waals surface area contributed by atoms with Crippen LogP contribution in [-0.2, 0) is 114 Å². The third-order valence-electron chi connectivity index (χ3n) is 23.6. The molecule has 42 heteroatoms. The van der Waals surface area contributed by atoms with E-state index in [1.54, 1.807) is 115 Å². The number of aryl methyl sites for hydroxylation is 2. The predicted molar refractivity (Wildman–Crippen MR) is 481 cm³/mol. The lowest BCUT2D eigenvalue weighted by Gasteiger charge is -2.36. The molecule has 13 atom stereocenters. The molecule has 131 heavy (non-hydrogen) atoms. The summed E-state index contributed by atoms with van der Waals surface area (Å²) in [6, 6.07) is 3.75. The number of carbonyl (C=O) groups excluding carboxylic acids is 17. The normalized spacial score (nSPS) is 23.5. The van der Waals surface area contributed by atoms with Crippen molar-refractivity contribution in [2.75, 3.05) is 64.9 Å². The van der Waals surface area contributed by atoms with Crippen molar-refractivity contribution in [1.29, 1.82) is 0 Å². The van der Waals surface area contributed by atoms with Crippen molar-refractivity contribution in [3.8, 4) is 0 Å². The number of aliphatic carboxylic acids is 1. The summed E-state index contributed by atoms with van der Waals surface area (Å²) in [7, 11) is 4.28. The number of benzene rings is 3. The second kappa shape index (κ2) is 50.2.